The Bertz CT molecular complexity index is 1840. The number of thiophene rings is 1. The third-order valence-corrected chi connectivity index (χ3v) is 11.6. The van der Waals surface area contributed by atoms with Crippen LogP contribution in [-0.4, -0.2) is 59.8 Å². The Morgan fingerprint density at radius 1 is 1.15 bits per heavy atom. The van der Waals surface area contributed by atoms with Gasteiger partial charge >= 0.3 is 0 Å². The van der Waals surface area contributed by atoms with Crippen LogP contribution >= 0.6 is 22.9 Å². The van der Waals surface area contributed by atoms with E-state index in [2.05, 4.69) is 26.6 Å². The van der Waals surface area contributed by atoms with Gasteiger partial charge in [0.15, 0.2) is 5.82 Å². The minimum atomic E-state index is -0.606. The summed E-state index contributed by atoms with van der Waals surface area (Å²) < 4.78 is 44.1. The number of aryl methyl sites for hydroxylation is 1. The Hall–Kier alpha value is -3.17. The number of nitrogens with two attached hydrogens (primary N) is 1. The standard InChI is InChI=1S/C27H25ClF2N6S.C7H12FN/c1-2-18-35-17-9-12(13-5-7-33-11-13)6-8-34-24-21(17)25(36-18)23(30)20(22(24)28)14-3-4-16(29)26-19(14)15(10-31)27(32)37-26;8-6-4-7-2-1-3-9(7)5-6/h3-4,12-13,33-34H,2,5-9,11,32H2,1H3;6-7H,1-5H2. The molecule has 4 aliphatic heterocycles. The Labute approximate surface area is 275 Å². The highest BCUT2D eigenvalue weighted by Gasteiger charge is 2.35. The first-order chi connectivity index (χ1) is 22.3. The molecule has 12 heteroatoms. The monoisotopic (exact) mass is 667 g/mol. The highest BCUT2D eigenvalue weighted by Crippen LogP contribution is 2.48. The summed E-state index contributed by atoms with van der Waals surface area (Å²) in [5.74, 6) is 0.381. The number of anilines is 2. The number of hydrogen-bond donors (Lipinski definition) is 3. The average Bonchev–Trinajstić information content (AvgIpc) is 3.83. The maximum Gasteiger partial charge on any atom is 0.159 e. The van der Waals surface area contributed by atoms with Crippen molar-refractivity contribution < 1.29 is 13.2 Å². The van der Waals surface area contributed by atoms with E-state index in [1.165, 1.54) is 25.0 Å². The van der Waals surface area contributed by atoms with Crippen molar-refractivity contribution in [3.05, 3.63) is 45.9 Å². The van der Waals surface area contributed by atoms with Gasteiger partial charge in [0.2, 0.25) is 0 Å². The van der Waals surface area contributed by atoms with Gasteiger partial charge in [0.05, 0.1) is 26.7 Å². The van der Waals surface area contributed by atoms with Gasteiger partial charge in [-0.25, -0.2) is 23.1 Å². The van der Waals surface area contributed by atoms with Crippen LogP contribution in [0.1, 0.15) is 56.1 Å². The predicted octanol–water partition coefficient (Wildman–Crippen LogP) is 7.24. The molecular formula is C34H37ClF3N7S. The Morgan fingerprint density at radius 3 is 2.72 bits per heavy atom. The number of hydrogen-bond acceptors (Lipinski definition) is 8. The van der Waals surface area contributed by atoms with Crippen LogP contribution < -0.4 is 16.4 Å². The molecule has 0 bridgehead atoms. The molecule has 4 aliphatic rings. The predicted molar refractivity (Wildman–Crippen MR) is 179 cm³/mol. The molecule has 7 nitrogen and oxygen atoms in total. The van der Waals surface area contributed by atoms with Gasteiger partial charge in [-0.3, -0.25) is 4.90 Å². The Balaban J connectivity index is 0.000000321. The molecule has 4 aromatic rings. The normalized spacial score (nSPS) is 24.3. The van der Waals surface area contributed by atoms with Crippen molar-refractivity contribution in [2.24, 2.45) is 11.8 Å². The summed E-state index contributed by atoms with van der Waals surface area (Å²) in [6, 6.07) is 5.39. The first kappa shape index (κ1) is 31.4. The zero-order valence-electron chi connectivity index (χ0n) is 25.7. The van der Waals surface area contributed by atoms with E-state index >= 15 is 4.39 Å². The van der Waals surface area contributed by atoms with Crippen LogP contribution in [0, 0.1) is 34.8 Å². The molecule has 242 valence electrons. The van der Waals surface area contributed by atoms with E-state index < -0.39 is 17.8 Å². The van der Waals surface area contributed by atoms with E-state index in [9.17, 15) is 14.0 Å². The van der Waals surface area contributed by atoms with E-state index in [0.29, 0.717) is 59.8 Å². The maximum atomic E-state index is 16.5. The summed E-state index contributed by atoms with van der Waals surface area (Å²) in [6.45, 7) is 6.46. The lowest BCUT2D eigenvalue weighted by molar-refractivity contribution is 0.292. The number of alkyl halides is 1. The highest BCUT2D eigenvalue weighted by atomic mass is 35.5. The molecule has 4 unspecified atom stereocenters. The number of benzene rings is 2. The average molecular weight is 668 g/mol. The van der Waals surface area contributed by atoms with Gasteiger partial charge in [0.25, 0.3) is 0 Å². The summed E-state index contributed by atoms with van der Waals surface area (Å²) in [7, 11) is 0. The lowest BCUT2D eigenvalue weighted by Gasteiger charge is -2.28. The van der Waals surface area contributed by atoms with Crippen molar-refractivity contribution in [1.82, 2.24) is 20.2 Å². The van der Waals surface area contributed by atoms with Crippen LogP contribution in [0.25, 0.3) is 32.1 Å². The molecule has 0 saturated carbocycles. The molecule has 0 radical (unpaired) electrons. The van der Waals surface area contributed by atoms with Crippen molar-refractivity contribution >= 4 is 54.6 Å². The van der Waals surface area contributed by atoms with Crippen molar-refractivity contribution in [2.45, 2.75) is 64.1 Å². The van der Waals surface area contributed by atoms with Crippen LogP contribution in [0.15, 0.2) is 12.1 Å². The number of halogens is 4. The molecular weight excluding hydrogens is 631 g/mol. The quantitative estimate of drug-likeness (QED) is 0.212. The second-order valence-corrected chi connectivity index (χ2v) is 14.3. The van der Waals surface area contributed by atoms with E-state index in [4.69, 9.17) is 22.3 Å². The number of fused-ring (bicyclic) bond motifs is 2. The molecule has 3 saturated heterocycles. The van der Waals surface area contributed by atoms with Gasteiger partial charge in [-0.15, -0.1) is 11.3 Å². The van der Waals surface area contributed by atoms with Gasteiger partial charge in [-0.2, -0.15) is 5.26 Å². The van der Waals surface area contributed by atoms with E-state index in [0.717, 1.165) is 62.3 Å². The summed E-state index contributed by atoms with van der Waals surface area (Å²) in [6.07, 6.45) is 6.14. The third-order valence-electron chi connectivity index (χ3n) is 10.2. The van der Waals surface area contributed by atoms with Gasteiger partial charge < -0.3 is 16.4 Å². The third kappa shape index (κ3) is 5.47. The molecule has 3 fully saturated rings. The molecule has 8 rings (SSSR count). The van der Waals surface area contributed by atoms with Gasteiger partial charge in [0, 0.05) is 41.9 Å². The summed E-state index contributed by atoms with van der Waals surface area (Å²) in [5.41, 5.74) is 8.12. The lowest BCUT2D eigenvalue weighted by Crippen LogP contribution is -2.25. The fraction of sp³-hybridized carbons (Fsp3) is 0.500. The summed E-state index contributed by atoms with van der Waals surface area (Å²) >= 11 is 7.94. The minimum absolute atomic E-state index is 0.0831. The number of nitrogen functional groups attached to an aromatic ring is 1. The molecule has 2 aromatic carbocycles. The number of nitriles is 1. The fourth-order valence-corrected chi connectivity index (χ4v) is 9.18. The number of aromatic nitrogens is 2. The van der Waals surface area contributed by atoms with Crippen LogP contribution in [0.3, 0.4) is 0 Å². The zero-order valence-corrected chi connectivity index (χ0v) is 27.3. The minimum Gasteiger partial charge on any atom is -0.389 e. The second-order valence-electron chi connectivity index (χ2n) is 12.9. The first-order valence-corrected chi connectivity index (χ1v) is 17.4. The van der Waals surface area contributed by atoms with Crippen molar-refractivity contribution in [2.75, 3.05) is 43.8 Å². The van der Waals surface area contributed by atoms with Crippen LogP contribution in [0.5, 0.6) is 0 Å². The van der Waals surface area contributed by atoms with Crippen LogP contribution in [-0.2, 0) is 12.8 Å². The second kappa shape index (κ2) is 12.8. The molecule has 4 atom stereocenters. The van der Waals surface area contributed by atoms with Crippen molar-refractivity contribution in [3.63, 3.8) is 0 Å². The van der Waals surface area contributed by atoms with Gasteiger partial charge in [0.1, 0.15) is 34.4 Å². The molecule has 0 spiro atoms. The van der Waals surface area contributed by atoms with E-state index in [1.54, 1.807) is 0 Å². The van der Waals surface area contributed by atoms with Crippen molar-refractivity contribution in [3.8, 4) is 17.2 Å². The largest absolute Gasteiger partial charge is 0.389 e. The molecule has 2 aromatic heterocycles. The molecule has 0 amide bonds. The Morgan fingerprint density at radius 2 is 1.98 bits per heavy atom. The highest BCUT2D eigenvalue weighted by molar-refractivity contribution is 7.23. The smallest absolute Gasteiger partial charge is 0.159 e. The molecule has 46 heavy (non-hydrogen) atoms. The van der Waals surface area contributed by atoms with E-state index in [-0.39, 0.29) is 36.8 Å². The maximum absolute atomic E-state index is 16.5. The van der Waals surface area contributed by atoms with Crippen LogP contribution in [0.4, 0.5) is 23.9 Å². The van der Waals surface area contributed by atoms with E-state index in [1.807, 2.05) is 6.92 Å². The zero-order chi connectivity index (χ0) is 32.1. The first-order valence-electron chi connectivity index (χ1n) is 16.2. The topological polar surface area (TPSA) is 103 Å². The molecule has 4 N–H and O–H groups in total. The van der Waals surface area contributed by atoms with Gasteiger partial charge in [-0.1, -0.05) is 24.6 Å². The van der Waals surface area contributed by atoms with Gasteiger partial charge in [-0.05, 0) is 81.6 Å². The fourth-order valence-electron chi connectivity index (χ4n) is 7.89. The molecule has 0 aliphatic carbocycles. The van der Waals surface area contributed by atoms with Crippen LogP contribution in [0.2, 0.25) is 5.02 Å². The lowest BCUT2D eigenvalue weighted by atomic mass is 9.83. The summed E-state index contributed by atoms with van der Waals surface area (Å²) in [4.78, 5) is 11.7. The SMILES string of the molecule is CCc1nc2c3c(c(Cl)c(-c4ccc(F)c5sc(N)c(C#N)c45)c(F)c3n1)NCCC(C1CCNC1)C2.FC1CC2CCCN2C1. The number of rotatable bonds is 3. The number of nitrogens with one attached hydrogen (secondary N) is 2. The number of nitrogens with zero attached hydrogens (tertiary/aromatic N) is 4. The Kier molecular flexibility index (Phi) is 8.74. The van der Waals surface area contributed by atoms with Crippen molar-refractivity contribution in [1.29, 1.82) is 5.26 Å². The molecule has 6 heterocycles. The summed E-state index contributed by atoms with van der Waals surface area (Å²) in [5, 5.41) is 17.9.